The average Bonchev–Trinajstić information content (AvgIpc) is 2.85. The number of ether oxygens (including phenoxy) is 2. The average molecular weight is 311 g/mol. The molecule has 1 aromatic rings. The first-order valence-corrected chi connectivity index (χ1v) is 8.21. The van der Waals surface area contributed by atoms with Gasteiger partial charge in [0.05, 0.1) is 17.8 Å². The number of hydrogen-bond acceptors (Lipinski definition) is 5. The Balaban J connectivity index is 1.66. The second-order valence-corrected chi connectivity index (χ2v) is 6.73. The summed E-state index contributed by atoms with van der Waals surface area (Å²) in [4.78, 5) is 12.1. The molecular weight excluding hydrogens is 293 g/mol. The van der Waals surface area contributed by atoms with Gasteiger partial charge in [-0.1, -0.05) is 0 Å². The van der Waals surface area contributed by atoms with Crippen LogP contribution >= 0.6 is 11.8 Å². The summed E-state index contributed by atoms with van der Waals surface area (Å²) in [5.74, 6) is 0.987. The normalized spacial score (nSPS) is 28.7. The first-order valence-electron chi connectivity index (χ1n) is 7.05. The fourth-order valence-electron chi connectivity index (χ4n) is 2.90. The lowest BCUT2D eigenvalue weighted by atomic mass is 9.91. The van der Waals surface area contributed by atoms with E-state index in [0.717, 1.165) is 30.4 Å². The van der Waals surface area contributed by atoms with Crippen LogP contribution in [0.2, 0.25) is 0 Å². The van der Waals surface area contributed by atoms with Crippen molar-refractivity contribution in [2.75, 3.05) is 23.8 Å². The fraction of sp³-hybridized carbons (Fsp3) is 0.533. The third-order valence-electron chi connectivity index (χ3n) is 3.94. The van der Waals surface area contributed by atoms with Crippen LogP contribution in [0.1, 0.15) is 29.6 Å². The van der Waals surface area contributed by atoms with Crippen molar-refractivity contribution in [2.24, 2.45) is 0 Å². The van der Waals surface area contributed by atoms with Gasteiger partial charge < -0.3 is 15.2 Å². The zero-order valence-corrected chi connectivity index (χ0v) is 12.5. The molecule has 2 unspecified atom stereocenters. The Labute approximate surface area is 127 Å². The molecule has 0 radical (unpaired) electrons. The first-order chi connectivity index (χ1) is 10.1. The molecule has 2 fully saturated rings. The molecule has 6 heteroatoms. The van der Waals surface area contributed by atoms with Crippen molar-refractivity contribution in [3.8, 4) is 0 Å². The van der Waals surface area contributed by atoms with Crippen LogP contribution in [-0.4, -0.2) is 35.8 Å². The second kappa shape index (κ2) is 5.85. The van der Waals surface area contributed by atoms with E-state index in [9.17, 15) is 9.18 Å². The number of benzene rings is 1. The molecule has 4 nitrogen and oxygen atoms in total. The third kappa shape index (κ3) is 3.32. The summed E-state index contributed by atoms with van der Waals surface area (Å²) < 4.78 is 24.7. The molecule has 1 spiro atoms. The van der Waals surface area contributed by atoms with Crippen LogP contribution in [0.25, 0.3) is 0 Å². The smallest absolute Gasteiger partial charge is 0.338 e. The molecular formula is C15H18FNO3S. The number of carbonyl (C=O) groups excluding carboxylic acids is 1. The largest absolute Gasteiger partial charge is 0.459 e. The van der Waals surface area contributed by atoms with Crippen LogP contribution in [0.4, 0.5) is 10.1 Å². The molecule has 0 aromatic heterocycles. The maximum atomic E-state index is 13.3. The molecule has 2 aliphatic heterocycles. The van der Waals surface area contributed by atoms with Crippen molar-refractivity contribution < 1.29 is 18.7 Å². The highest BCUT2D eigenvalue weighted by molar-refractivity contribution is 7.99. The van der Waals surface area contributed by atoms with Crippen molar-refractivity contribution in [1.82, 2.24) is 0 Å². The van der Waals surface area contributed by atoms with Gasteiger partial charge in [0.1, 0.15) is 11.9 Å². The van der Waals surface area contributed by atoms with Gasteiger partial charge in [-0.3, -0.25) is 0 Å². The lowest BCUT2D eigenvalue weighted by molar-refractivity contribution is -0.106. The minimum Gasteiger partial charge on any atom is -0.459 e. The highest BCUT2D eigenvalue weighted by Crippen LogP contribution is 2.39. The lowest BCUT2D eigenvalue weighted by Gasteiger charge is -2.37. The summed E-state index contributed by atoms with van der Waals surface area (Å²) in [6.07, 6.45) is 2.23. The number of nitrogens with two attached hydrogens (primary N) is 1. The number of nitrogen functional groups attached to an aromatic ring is 1. The van der Waals surface area contributed by atoms with E-state index in [2.05, 4.69) is 0 Å². The van der Waals surface area contributed by atoms with Gasteiger partial charge in [0.15, 0.2) is 0 Å². The van der Waals surface area contributed by atoms with Gasteiger partial charge in [-0.25, -0.2) is 9.18 Å². The van der Waals surface area contributed by atoms with Gasteiger partial charge in [0.25, 0.3) is 0 Å². The molecule has 114 valence electrons. The van der Waals surface area contributed by atoms with Gasteiger partial charge in [-0.2, -0.15) is 11.8 Å². The quantitative estimate of drug-likeness (QED) is 0.672. The summed E-state index contributed by atoms with van der Waals surface area (Å²) in [6, 6.07) is 3.76. The van der Waals surface area contributed by atoms with Gasteiger partial charge in [-0.05, 0) is 30.4 Å². The van der Waals surface area contributed by atoms with Gasteiger partial charge >= 0.3 is 5.97 Å². The summed E-state index contributed by atoms with van der Waals surface area (Å²) >= 11 is 1.87. The molecule has 0 bridgehead atoms. The number of carbonyl (C=O) groups is 1. The molecule has 1 aromatic carbocycles. The van der Waals surface area contributed by atoms with Gasteiger partial charge in [0.2, 0.25) is 0 Å². The van der Waals surface area contributed by atoms with E-state index >= 15 is 0 Å². The van der Waals surface area contributed by atoms with Gasteiger partial charge in [-0.15, -0.1) is 0 Å². The van der Waals surface area contributed by atoms with Crippen LogP contribution in [0.15, 0.2) is 18.2 Å². The SMILES string of the molecule is Nc1cc(F)cc(C(=O)OC2CCOC3(CCSC3)C2)c1. The van der Waals surface area contributed by atoms with E-state index < -0.39 is 11.8 Å². The van der Waals surface area contributed by atoms with Crippen LogP contribution in [0.5, 0.6) is 0 Å². The third-order valence-corrected chi connectivity index (χ3v) is 5.17. The first kappa shape index (κ1) is 14.7. The second-order valence-electron chi connectivity index (χ2n) is 5.63. The van der Waals surface area contributed by atoms with Crippen LogP contribution < -0.4 is 5.73 Å². The minimum absolute atomic E-state index is 0.144. The number of anilines is 1. The number of halogens is 1. The Bertz CT molecular complexity index is 525. The standard InChI is InChI=1S/C15H18FNO3S/c16-11-5-10(6-12(17)7-11)14(18)20-13-1-3-19-15(8-13)2-4-21-9-15/h5-7,13H,1-4,8-9,17H2. The highest BCUT2D eigenvalue weighted by Gasteiger charge is 2.41. The number of rotatable bonds is 2. The van der Waals surface area contributed by atoms with Crippen LogP contribution in [0.3, 0.4) is 0 Å². The molecule has 0 aliphatic carbocycles. The Kier molecular flexibility index (Phi) is 4.08. The molecule has 2 heterocycles. The van der Waals surface area contributed by atoms with Crippen molar-refractivity contribution in [1.29, 1.82) is 0 Å². The summed E-state index contributed by atoms with van der Waals surface area (Å²) in [5, 5.41) is 0. The lowest BCUT2D eigenvalue weighted by Crippen LogP contribution is -2.43. The fourth-order valence-corrected chi connectivity index (χ4v) is 4.27. The monoisotopic (exact) mass is 311 g/mol. The topological polar surface area (TPSA) is 61.6 Å². The molecule has 3 rings (SSSR count). The van der Waals surface area contributed by atoms with E-state index in [0.29, 0.717) is 13.0 Å². The molecule has 0 saturated carbocycles. The molecule has 2 saturated heterocycles. The predicted molar refractivity (Wildman–Crippen MR) is 79.9 cm³/mol. The van der Waals surface area contributed by atoms with Crippen molar-refractivity contribution >= 4 is 23.4 Å². The van der Waals surface area contributed by atoms with E-state index in [1.165, 1.54) is 12.1 Å². The Hall–Kier alpha value is -1.27. The van der Waals surface area contributed by atoms with E-state index in [1.54, 1.807) is 0 Å². The van der Waals surface area contributed by atoms with E-state index in [1.807, 2.05) is 11.8 Å². The Morgan fingerprint density at radius 2 is 2.33 bits per heavy atom. The van der Waals surface area contributed by atoms with Crippen molar-refractivity contribution in [3.05, 3.63) is 29.6 Å². The van der Waals surface area contributed by atoms with Crippen molar-refractivity contribution in [3.63, 3.8) is 0 Å². The zero-order valence-electron chi connectivity index (χ0n) is 11.6. The summed E-state index contributed by atoms with van der Waals surface area (Å²) in [7, 11) is 0. The van der Waals surface area contributed by atoms with E-state index in [4.69, 9.17) is 15.2 Å². The molecule has 0 amide bonds. The Morgan fingerprint density at radius 1 is 1.48 bits per heavy atom. The zero-order chi connectivity index (χ0) is 14.9. The van der Waals surface area contributed by atoms with E-state index in [-0.39, 0.29) is 23.0 Å². The maximum Gasteiger partial charge on any atom is 0.338 e. The highest BCUT2D eigenvalue weighted by atomic mass is 32.2. The molecule has 2 atom stereocenters. The van der Waals surface area contributed by atoms with Crippen LogP contribution in [0, 0.1) is 5.82 Å². The maximum absolute atomic E-state index is 13.3. The number of hydrogen-bond donors (Lipinski definition) is 1. The molecule has 2 aliphatic rings. The number of thioether (sulfide) groups is 1. The van der Waals surface area contributed by atoms with Gasteiger partial charge in [0, 0.05) is 24.3 Å². The summed E-state index contributed by atoms with van der Waals surface area (Å²) in [6.45, 7) is 0.601. The number of esters is 1. The Morgan fingerprint density at radius 3 is 3.05 bits per heavy atom. The molecule has 2 N–H and O–H groups in total. The van der Waals surface area contributed by atoms with Crippen molar-refractivity contribution in [2.45, 2.75) is 31.0 Å². The minimum atomic E-state index is -0.530. The van der Waals surface area contributed by atoms with Crippen LogP contribution in [-0.2, 0) is 9.47 Å². The predicted octanol–water partition coefficient (Wildman–Crippen LogP) is 2.62. The molecule has 21 heavy (non-hydrogen) atoms. The summed E-state index contributed by atoms with van der Waals surface area (Å²) in [5.41, 5.74) is 5.79.